The summed E-state index contributed by atoms with van der Waals surface area (Å²) in [5.74, 6) is 20.2. The van der Waals surface area contributed by atoms with E-state index in [0.29, 0.717) is 0 Å². The molecule has 14 atom stereocenters. The zero-order chi connectivity index (χ0) is 33.7. The maximum atomic E-state index is 1.70. The summed E-state index contributed by atoms with van der Waals surface area (Å²) in [7, 11) is 0. The van der Waals surface area contributed by atoms with Crippen LogP contribution in [0.15, 0.2) is 0 Å². The Labute approximate surface area is 317 Å². The van der Waals surface area contributed by atoms with Crippen LogP contribution in [0.25, 0.3) is 0 Å². The topological polar surface area (TPSA) is 0 Å². The zero-order valence-electron chi connectivity index (χ0n) is 33.7. The SMILES string of the molecule is C1CCC(C2CC(C3CCCCC3)CC(C3CCC(C4CC(C5CCCCC5)CC5C6CC7CCCCC7CC6CC54)C4CCCCC34)C2)CC1. The molecule has 0 bridgehead atoms. The quantitative estimate of drug-likeness (QED) is 0.268. The monoisotopic (exact) mass is 697 g/mol. The average molecular weight is 697 g/mol. The molecule has 10 aliphatic carbocycles. The highest BCUT2D eigenvalue weighted by atomic mass is 14.6. The summed E-state index contributed by atoms with van der Waals surface area (Å²) in [6.07, 6.45) is 53.3. The largest absolute Gasteiger partial charge is 0.0533 e. The van der Waals surface area contributed by atoms with Gasteiger partial charge in [-0.05, 0) is 184 Å². The van der Waals surface area contributed by atoms with Gasteiger partial charge in [0.2, 0.25) is 0 Å². The van der Waals surface area contributed by atoms with E-state index in [9.17, 15) is 0 Å². The van der Waals surface area contributed by atoms with Gasteiger partial charge in [0.25, 0.3) is 0 Å². The summed E-state index contributed by atoms with van der Waals surface area (Å²) in [5, 5.41) is 0. The maximum Gasteiger partial charge on any atom is -0.0349 e. The lowest BCUT2D eigenvalue weighted by atomic mass is 9.49. The first-order valence-corrected chi connectivity index (χ1v) is 25.3. The first kappa shape index (κ1) is 35.4. The Balaban J connectivity index is 0.906. The van der Waals surface area contributed by atoms with Gasteiger partial charge in [0.15, 0.2) is 0 Å². The van der Waals surface area contributed by atoms with Gasteiger partial charge in [0.1, 0.15) is 0 Å². The summed E-state index contributed by atoms with van der Waals surface area (Å²) >= 11 is 0. The van der Waals surface area contributed by atoms with Gasteiger partial charge >= 0.3 is 0 Å². The van der Waals surface area contributed by atoms with Crippen LogP contribution in [0.1, 0.15) is 212 Å². The molecule has 10 saturated carbocycles. The van der Waals surface area contributed by atoms with E-state index < -0.39 is 0 Å². The molecule has 0 amide bonds. The van der Waals surface area contributed by atoms with Crippen molar-refractivity contribution in [2.75, 3.05) is 0 Å². The fourth-order valence-corrected chi connectivity index (χ4v) is 18.9. The first-order valence-electron chi connectivity index (χ1n) is 25.3. The van der Waals surface area contributed by atoms with Crippen LogP contribution in [0, 0.1) is 107 Å². The maximum absolute atomic E-state index is 1.70. The Kier molecular flexibility index (Phi) is 11.0. The average Bonchev–Trinajstić information content (AvgIpc) is 3.57. The zero-order valence-corrected chi connectivity index (χ0v) is 33.7. The highest BCUT2D eigenvalue weighted by molar-refractivity contribution is 5.06. The van der Waals surface area contributed by atoms with E-state index >= 15 is 0 Å². The molecule has 0 aromatic heterocycles. The minimum absolute atomic E-state index is 1.11. The van der Waals surface area contributed by atoms with E-state index in [2.05, 4.69) is 0 Å². The van der Waals surface area contributed by atoms with E-state index in [4.69, 9.17) is 0 Å². The van der Waals surface area contributed by atoms with Gasteiger partial charge in [-0.2, -0.15) is 0 Å². The van der Waals surface area contributed by atoms with Crippen LogP contribution in [-0.4, -0.2) is 0 Å². The molecule has 0 radical (unpaired) electrons. The van der Waals surface area contributed by atoms with Gasteiger partial charge in [0, 0.05) is 0 Å². The van der Waals surface area contributed by atoms with Crippen LogP contribution in [0.5, 0.6) is 0 Å². The van der Waals surface area contributed by atoms with E-state index in [1.165, 1.54) is 0 Å². The molecule has 0 nitrogen and oxygen atoms in total. The molecule has 0 aromatic rings. The van der Waals surface area contributed by atoms with Crippen molar-refractivity contribution in [2.24, 2.45) is 107 Å². The first-order chi connectivity index (χ1) is 25.3. The summed E-state index contributed by atoms with van der Waals surface area (Å²) in [5.41, 5.74) is 0. The van der Waals surface area contributed by atoms with Crippen molar-refractivity contribution in [1.29, 1.82) is 0 Å². The Bertz CT molecular complexity index is 1080. The molecule has 0 aliphatic heterocycles. The molecule has 0 spiro atoms. The predicted octanol–water partition coefficient (Wildman–Crippen LogP) is 15.1. The summed E-state index contributed by atoms with van der Waals surface area (Å²) in [4.78, 5) is 0. The third-order valence-electron chi connectivity index (χ3n) is 21.0. The second-order valence-corrected chi connectivity index (χ2v) is 22.9. The van der Waals surface area contributed by atoms with Gasteiger partial charge < -0.3 is 0 Å². The molecule has 10 aliphatic rings. The molecule has 0 heterocycles. The van der Waals surface area contributed by atoms with E-state index in [0.717, 1.165) is 107 Å². The van der Waals surface area contributed by atoms with Crippen molar-refractivity contribution in [3.8, 4) is 0 Å². The highest BCUT2D eigenvalue weighted by Gasteiger charge is 2.57. The summed E-state index contributed by atoms with van der Waals surface area (Å²) in [6.45, 7) is 0. The van der Waals surface area contributed by atoms with E-state index in [-0.39, 0.29) is 0 Å². The molecule has 0 aromatic carbocycles. The predicted molar refractivity (Wildman–Crippen MR) is 215 cm³/mol. The van der Waals surface area contributed by atoms with Gasteiger partial charge in [-0.1, -0.05) is 135 Å². The lowest BCUT2D eigenvalue weighted by molar-refractivity contribution is -0.0665. The molecule has 10 rings (SSSR count). The minimum Gasteiger partial charge on any atom is -0.0533 e. The van der Waals surface area contributed by atoms with Crippen molar-refractivity contribution in [1.82, 2.24) is 0 Å². The van der Waals surface area contributed by atoms with Crippen molar-refractivity contribution >= 4 is 0 Å². The van der Waals surface area contributed by atoms with Crippen molar-refractivity contribution in [3.63, 3.8) is 0 Å². The molecule has 288 valence electrons. The lowest BCUT2D eigenvalue weighted by Gasteiger charge is -2.56. The van der Waals surface area contributed by atoms with E-state index in [1.807, 2.05) is 0 Å². The van der Waals surface area contributed by atoms with Gasteiger partial charge in [-0.3, -0.25) is 0 Å². The molecule has 0 heteroatoms. The van der Waals surface area contributed by atoms with Crippen molar-refractivity contribution in [3.05, 3.63) is 0 Å². The fraction of sp³-hybridized carbons (Fsp3) is 1.00. The molecular formula is C51H84. The normalized spacial score (nSPS) is 50.5. The van der Waals surface area contributed by atoms with Crippen LogP contribution in [-0.2, 0) is 0 Å². The Morgan fingerprint density at radius 2 is 0.431 bits per heavy atom. The molecular weight excluding hydrogens is 613 g/mol. The van der Waals surface area contributed by atoms with Crippen LogP contribution < -0.4 is 0 Å². The minimum atomic E-state index is 1.11. The lowest BCUT2D eigenvalue weighted by Crippen LogP contribution is -2.48. The Morgan fingerprint density at radius 1 is 0.137 bits per heavy atom. The number of fused-ring (bicyclic) bond motifs is 5. The van der Waals surface area contributed by atoms with Crippen LogP contribution in [0.3, 0.4) is 0 Å². The second kappa shape index (κ2) is 15.9. The molecule has 0 saturated heterocycles. The molecule has 51 heavy (non-hydrogen) atoms. The standard InChI is InChI=1S/C51H84/c1-4-14-34(15-5-1)39-27-40(35-16-6-2-7-17-35)29-42(28-39)44-24-25-47(46-23-13-12-22-45(44)46)49-31-41(36-18-8-3-9-19-36)32-50-48-30-38-21-11-10-20-37(38)26-43(48)33-51(49)50/h34-51H,1-33H2. The number of hydrogen-bond acceptors (Lipinski definition) is 0. The van der Waals surface area contributed by atoms with Crippen molar-refractivity contribution in [2.45, 2.75) is 212 Å². The fourth-order valence-electron chi connectivity index (χ4n) is 18.9. The van der Waals surface area contributed by atoms with Crippen LogP contribution in [0.2, 0.25) is 0 Å². The molecule has 14 unspecified atom stereocenters. The Morgan fingerprint density at radius 3 is 1.02 bits per heavy atom. The van der Waals surface area contributed by atoms with Crippen LogP contribution in [0.4, 0.5) is 0 Å². The van der Waals surface area contributed by atoms with E-state index in [1.54, 1.807) is 212 Å². The number of rotatable bonds is 5. The Hall–Kier alpha value is 0. The van der Waals surface area contributed by atoms with Crippen molar-refractivity contribution < 1.29 is 0 Å². The smallest absolute Gasteiger partial charge is 0.0349 e. The third-order valence-corrected chi connectivity index (χ3v) is 21.0. The van der Waals surface area contributed by atoms with Gasteiger partial charge in [-0.15, -0.1) is 0 Å². The second-order valence-electron chi connectivity index (χ2n) is 22.9. The molecule has 10 fully saturated rings. The summed E-state index contributed by atoms with van der Waals surface area (Å²) < 4.78 is 0. The summed E-state index contributed by atoms with van der Waals surface area (Å²) in [6, 6.07) is 0. The third kappa shape index (κ3) is 7.14. The number of hydrogen-bond donors (Lipinski definition) is 0. The van der Waals surface area contributed by atoms with Gasteiger partial charge in [0.05, 0.1) is 0 Å². The van der Waals surface area contributed by atoms with Gasteiger partial charge in [-0.25, -0.2) is 0 Å². The van der Waals surface area contributed by atoms with Crippen LogP contribution >= 0.6 is 0 Å². The molecule has 0 N–H and O–H groups in total. The highest BCUT2D eigenvalue weighted by Crippen LogP contribution is 2.66.